The number of amides is 3. The van der Waals surface area contributed by atoms with E-state index in [0.717, 1.165) is 0 Å². The Hall–Kier alpha value is -2.64. The normalized spacial score (nSPS) is 19.0. The second-order valence-corrected chi connectivity index (χ2v) is 7.27. The van der Waals surface area contributed by atoms with Crippen LogP contribution in [-0.2, 0) is 25.6 Å². The van der Waals surface area contributed by atoms with Crippen molar-refractivity contribution in [2.24, 2.45) is 5.73 Å². The van der Waals surface area contributed by atoms with Gasteiger partial charge in [-0.1, -0.05) is 0 Å². The van der Waals surface area contributed by atoms with E-state index in [1.807, 2.05) is 0 Å². The highest BCUT2D eigenvalue weighted by atomic mass is 32.1. The Morgan fingerprint density at radius 3 is 2.63 bits per heavy atom. The maximum atomic E-state index is 12.9. The molecule has 0 aromatic carbocycles. The summed E-state index contributed by atoms with van der Waals surface area (Å²) in [7, 11) is 0. The van der Waals surface area contributed by atoms with Crippen molar-refractivity contribution in [2.75, 3.05) is 18.9 Å². The number of aromatic amines is 1. The van der Waals surface area contributed by atoms with Crippen molar-refractivity contribution >= 4 is 36.3 Å². The van der Waals surface area contributed by atoms with Gasteiger partial charge < -0.3 is 36.5 Å². The second kappa shape index (κ2) is 10.9. The lowest BCUT2D eigenvalue weighted by Gasteiger charge is -2.28. The summed E-state index contributed by atoms with van der Waals surface area (Å²) in [5.74, 6) is -3.02. The zero-order valence-corrected chi connectivity index (χ0v) is 17.0. The number of nitrogens with two attached hydrogens (primary N) is 1. The summed E-state index contributed by atoms with van der Waals surface area (Å²) in [4.78, 5) is 57.0. The van der Waals surface area contributed by atoms with Gasteiger partial charge >= 0.3 is 5.97 Å². The molecular weight excluding hydrogens is 416 g/mol. The highest BCUT2D eigenvalue weighted by molar-refractivity contribution is 7.80. The van der Waals surface area contributed by atoms with Gasteiger partial charge in [0, 0.05) is 30.6 Å². The lowest BCUT2D eigenvalue weighted by Crippen LogP contribution is -2.57. The maximum absolute atomic E-state index is 12.9. The number of carboxylic acids is 1. The van der Waals surface area contributed by atoms with Gasteiger partial charge in [-0.3, -0.25) is 14.4 Å². The van der Waals surface area contributed by atoms with Gasteiger partial charge in [0.05, 0.1) is 19.0 Å². The zero-order chi connectivity index (χ0) is 22.3. The maximum Gasteiger partial charge on any atom is 0.328 e. The van der Waals surface area contributed by atoms with Crippen LogP contribution in [0.25, 0.3) is 0 Å². The minimum absolute atomic E-state index is 0.00611. The number of nitrogens with one attached hydrogen (secondary N) is 3. The molecule has 0 saturated carbocycles. The Balaban J connectivity index is 2.14. The number of hydrogen-bond acceptors (Lipinski definition) is 8. The summed E-state index contributed by atoms with van der Waals surface area (Å²) in [5, 5.41) is 23.0. The molecule has 2 heterocycles. The fraction of sp³-hybridized carbons (Fsp3) is 0.588. The third-order valence-corrected chi connectivity index (χ3v) is 5.15. The average molecular weight is 442 g/mol. The molecule has 13 heteroatoms. The number of aliphatic hydroxyl groups is 1. The molecule has 1 fully saturated rings. The highest BCUT2D eigenvalue weighted by Gasteiger charge is 2.37. The molecule has 0 unspecified atom stereocenters. The van der Waals surface area contributed by atoms with E-state index in [0.29, 0.717) is 25.1 Å². The lowest BCUT2D eigenvalue weighted by atomic mass is 10.1. The number of likely N-dealkylation sites (tertiary alicyclic amines) is 1. The summed E-state index contributed by atoms with van der Waals surface area (Å²) in [6.45, 7) is -0.445. The molecule has 1 aromatic rings. The van der Waals surface area contributed by atoms with Crippen LogP contribution < -0.4 is 16.4 Å². The van der Waals surface area contributed by atoms with E-state index in [1.54, 1.807) is 0 Å². The van der Waals surface area contributed by atoms with Gasteiger partial charge in [0.2, 0.25) is 17.7 Å². The number of H-pyrrole nitrogens is 1. The zero-order valence-electron chi connectivity index (χ0n) is 16.2. The van der Waals surface area contributed by atoms with E-state index in [4.69, 9.17) is 15.9 Å². The number of rotatable bonds is 10. The Morgan fingerprint density at radius 2 is 2.07 bits per heavy atom. The molecule has 7 N–H and O–H groups in total. The van der Waals surface area contributed by atoms with Crippen molar-refractivity contribution in [3.05, 3.63) is 18.2 Å². The molecule has 166 valence electrons. The molecule has 2 rings (SSSR count). The molecule has 1 aliphatic rings. The van der Waals surface area contributed by atoms with Gasteiger partial charge in [0.1, 0.15) is 18.1 Å². The van der Waals surface area contributed by atoms with E-state index in [9.17, 15) is 19.2 Å². The molecule has 12 nitrogen and oxygen atoms in total. The largest absolute Gasteiger partial charge is 0.480 e. The topological polar surface area (TPSA) is 191 Å². The van der Waals surface area contributed by atoms with Crippen LogP contribution in [0.4, 0.5) is 0 Å². The molecule has 1 aromatic heterocycles. The van der Waals surface area contributed by atoms with E-state index in [-0.39, 0.29) is 12.2 Å². The fourth-order valence-corrected chi connectivity index (χ4v) is 3.30. The minimum Gasteiger partial charge on any atom is -0.480 e. The van der Waals surface area contributed by atoms with Crippen LogP contribution in [0.2, 0.25) is 0 Å². The predicted molar refractivity (Wildman–Crippen MR) is 107 cm³/mol. The van der Waals surface area contributed by atoms with Gasteiger partial charge in [-0.05, 0) is 12.8 Å². The summed E-state index contributed by atoms with van der Waals surface area (Å²) >= 11 is 4.01. The van der Waals surface area contributed by atoms with Gasteiger partial charge in [-0.15, -0.1) is 0 Å². The fourth-order valence-electron chi connectivity index (χ4n) is 3.15. The summed E-state index contributed by atoms with van der Waals surface area (Å²) in [5.41, 5.74) is 6.27. The molecule has 0 bridgehead atoms. The smallest absolute Gasteiger partial charge is 0.328 e. The molecule has 30 heavy (non-hydrogen) atoms. The molecule has 0 radical (unpaired) electrons. The van der Waals surface area contributed by atoms with Gasteiger partial charge in [-0.2, -0.15) is 12.6 Å². The Morgan fingerprint density at radius 1 is 1.33 bits per heavy atom. The number of thiol groups is 1. The quantitative estimate of drug-likeness (QED) is 0.190. The van der Waals surface area contributed by atoms with Crippen LogP contribution in [-0.4, -0.2) is 91.8 Å². The number of aliphatic hydroxyl groups excluding tert-OH is 1. The van der Waals surface area contributed by atoms with Crippen molar-refractivity contribution in [2.45, 2.75) is 43.4 Å². The first-order valence-corrected chi connectivity index (χ1v) is 10.00. The molecular formula is C17H26N6O6S. The van der Waals surface area contributed by atoms with Crippen LogP contribution in [0.5, 0.6) is 0 Å². The SMILES string of the molecule is N[C@@H](CS)C(=O)N1CCC[C@H]1C(=O)N[C@@H](Cc1cnc[nH]1)C(=O)N[C@@H](CO)C(=O)O. The van der Waals surface area contributed by atoms with Gasteiger partial charge in [-0.25, -0.2) is 9.78 Å². The predicted octanol–water partition coefficient (Wildman–Crippen LogP) is -2.75. The number of imidazole rings is 1. The van der Waals surface area contributed by atoms with Crippen LogP contribution in [0.1, 0.15) is 18.5 Å². The third-order valence-electron chi connectivity index (χ3n) is 4.76. The molecule has 3 amide bonds. The van der Waals surface area contributed by atoms with Crippen molar-refractivity contribution in [1.29, 1.82) is 0 Å². The number of carbonyl (C=O) groups excluding carboxylic acids is 3. The first-order chi connectivity index (χ1) is 14.3. The van der Waals surface area contributed by atoms with Crippen LogP contribution in [0.15, 0.2) is 12.5 Å². The Kier molecular flexibility index (Phi) is 8.62. The number of carboxylic acid groups (broad SMARTS) is 1. The van der Waals surface area contributed by atoms with E-state index < -0.39 is 54.5 Å². The lowest BCUT2D eigenvalue weighted by molar-refractivity contribution is -0.144. The third kappa shape index (κ3) is 5.93. The second-order valence-electron chi connectivity index (χ2n) is 6.90. The van der Waals surface area contributed by atoms with E-state index in [1.165, 1.54) is 17.4 Å². The van der Waals surface area contributed by atoms with Gasteiger partial charge in [0.25, 0.3) is 0 Å². The number of aliphatic carboxylic acids is 1. The summed E-state index contributed by atoms with van der Waals surface area (Å²) in [6, 6.07) is -4.31. The van der Waals surface area contributed by atoms with Crippen LogP contribution in [0, 0.1) is 0 Å². The number of carbonyl (C=O) groups is 4. The monoisotopic (exact) mass is 442 g/mol. The molecule has 1 aliphatic heterocycles. The van der Waals surface area contributed by atoms with Crippen LogP contribution in [0.3, 0.4) is 0 Å². The van der Waals surface area contributed by atoms with Crippen LogP contribution >= 0.6 is 12.6 Å². The first-order valence-electron chi connectivity index (χ1n) is 9.37. The molecule has 0 aliphatic carbocycles. The standard InChI is InChI=1S/C17H26N6O6S/c18-10(7-30)16(27)23-3-1-2-13(23)15(26)21-11(4-9-5-19-8-20-9)14(25)22-12(6-24)17(28)29/h5,8,10-13,24,30H,1-4,6-7,18H2,(H,19,20)(H,21,26)(H,22,25)(H,28,29)/t10-,11-,12-,13-/m0/s1. The molecule has 0 spiro atoms. The van der Waals surface area contributed by atoms with Crippen molar-refractivity contribution in [3.63, 3.8) is 0 Å². The first kappa shape index (κ1) is 23.6. The Bertz CT molecular complexity index is 760. The number of aromatic nitrogens is 2. The summed E-state index contributed by atoms with van der Waals surface area (Å²) in [6.07, 6.45) is 3.88. The number of nitrogens with zero attached hydrogens (tertiary/aromatic N) is 2. The Labute approximate surface area is 178 Å². The van der Waals surface area contributed by atoms with Crippen molar-refractivity contribution in [1.82, 2.24) is 25.5 Å². The van der Waals surface area contributed by atoms with E-state index >= 15 is 0 Å². The van der Waals surface area contributed by atoms with Crippen molar-refractivity contribution < 1.29 is 29.4 Å². The highest BCUT2D eigenvalue weighted by Crippen LogP contribution is 2.19. The number of hydrogen-bond donors (Lipinski definition) is 7. The van der Waals surface area contributed by atoms with Crippen molar-refractivity contribution in [3.8, 4) is 0 Å². The summed E-state index contributed by atoms with van der Waals surface area (Å²) < 4.78 is 0. The molecule has 4 atom stereocenters. The molecule has 1 saturated heterocycles. The average Bonchev–Trinajstić information content (AvgIpc) is 3.41. The van der Waals surface area contributed by atoms with E-state index in [2.05, 4.69) is 33.2 Å². The van der Waals surface area contributed by atoms with Gasteiger partial charge in [0.15, 0.2) is 0 Å². The minimum atomic E-state index is -1.52.